The normalized spacial score (nSPS) is 11.2. The highest BCUT2D eigenvalue weighted by Crippen LogP contribution is 2.27. The zero-order valence-electron chi connectivity index (χ0n) is 10.5. The molecule has 0 aliphatic rings. The molecular formula is C14H10F3N3. The highest BCUT2D eigenvalue weighted by Gasteiger charge is 2.17. The Morgan fingerprint density at radius 1 is 1.10 bits per heavy atom. The Bertz CT molecular complexity index is 824. The minimum atomic E-state index is -1.27. The van der Waals surface area contributed by atoms with Crippen molar-refractivity contribution in [2.75, 3.05) is 5.73 Å². The lowest BCUT2D eigenvalue weighted by Gasteiger charge is -2.09. The molecule has 0 saturated carbocycles. The molecule has 0 aliphatic carbocycles. The maximum absolute atomic E-state index is 13.9. The maximum Gasteiger partial charge on any atom is 0.206 e. The van der Waals surface area contributed by atoms with E-state index in [2.05, 4.69) is 4.98 Å². The zero-order chi connectivity index (χ0) is 14.4. The van der Waals surface area contributed by atoms with Crippen molar-refractivity contribution < 1.29 is 13.2 Å². The van der Waals surface area contributed by atoms with Gasteiger partial charge in [-0.25, -0.2) is 18.2 Å². The van der Waals surface area contributed by atoms with Crippen LogP contribution in [-0.2, 0) is 0 Å². The van der Waals surface area contributed by atoms with Crippen LogP contribution in [0.15, 0.2) is 30.3 Å². The second-order valence-corrected chi connectivity index (χ2v) is 4.52. The summed E-state index contributed by atoms with van der Waals surface area (Å²) >= 11 is 0. The summed E-state index contributed by atoms with van der Waals surface area (Å²) in [5.41, 5.74) is 7.36. The number of fused-ring (bicyclic) bond motifs is 1. The van der Waals surface area contributed by atoms with E-state index in [-0.39, 0.29) is 11.6 Å². The molecule has 20 heavy (non-hydrogen) atoms. The predicted molar refractivity (Wildman–Crippen MR) is 70.1 cm³/mol. The van der Waals surface area contributed by atoms with Gasteiger partial charge in [0.05, 0.1) is 16.7 Å². The summed E-state index contributed by atoms with van der Waals surface area (Å²) in [4.78, 5) is 4.06. The van der Waals surface area contributed by atoms with Crippen LogP contribution < -0.4 is 5.73 Å². The Hall–Kier alpha value is -2.50. The van der Waals surface area contributed by atoms with Crippen molar-refractivity contribution in [3.63, 3.8) is 0 Å². The molecule has 0 spiro atoms. The van der Waals surface area contributed by atoms with Gasteiger partial charge in [-0.05, 0) is 24.6 Å². The molecule has 1 aromatic heterocycles. The first-order valence-corrected chi connectivity index (χ1v) is 5.87. The molecule has 102 valence electrons. The third kappa shape index (κ3) is 1.80. The van der Waals surface area contributed by atoms with Gasteiger partial charge in [-0.15, -0.1) is 0 Å². The second kappa shape index (κ2) is 4.26. The topological polar surface area (TPSA) is 43.8 Å². The molecule has 0 amide bonds. The average molecular weight is 277 g/mol. The van der Waals surface area contributed by atoms with Gasteiger partial charge in [0.2, 0.25) is 5.95 Å². The predicted octanol–water partition coefficient (Wildman–Crippen LogP) is 3.33. The number of nitrogens with zero attached hydrogens (tertiary/aromatic N) is 2. The molecule has 1 heterocycles. The molecule has 0 atom stereocenters. The fraction of sp³-hybridized carbons (Fsp3) is 0.0714. The smallest absolute Gasteiger partial charge is 0.206 e. The van der Waals surface area contributed by atoms with Crippen molar-refractivity contribution >= 4 is 17.0 Å². The number of hydrogen-bond donors (Lipinski definition) is 1. The van der Waals surface area contributed by atoms with Crippen molar-refractivity contribution in [3.8, 4) is 5.69 Å². The van der Waals surface area contributed by atoms with Crippen LogP contribution >= 0.6 is 0 Å². The first-order valence-electron chi connectivity index (χ1n) is 5.87. The van der Waals surface area contributed by atoms with Gasteiger partial charge in [0, 0.05) is 12.1 Å². The number of hydrogen-bond acceptors (Lipinski definition) is 2. The summed E-state index contributed by atoms with van der Waals surface area (Å²) in [7, 11) is 0. The molecule has 0 saturated heterocycles. The Labute approximate surface area is 112 Å². The Kier molecular flexibility index (Phi) is 2.67. The van der Waals surface area contributed by atoms with E-state index in [1.807, 2.05) is 13.0 Å². The van der Waals surface area contributed by atoms with Crippen molar-refractivity contribution in [3.05, 3.63) is 53.3 Å². The first-order chi connectivity index (χ1) is 9.47. The van der Waals surface area contributed by atoms with Crippen LogP contribution in [0.4, 0.5) is 19.1 Å². The summed E-state index contributed by atoms with van der Waals surface area (Å²) in [6.07, 6.45) is 0. The molecule has 3 aromatic rings. The molecule has 0 aliphatic heterocycles. The standard InChI is InChI=1S/C14H10F3N3/c1-7-2-3-10-11(4-7)20(14(18)19-10)12-6-8(15)5-9(16)13(12)17/h2-6H,1H3,(H2,18,19). The van der Waals surface area contributed by atoms with Gasteiger partial charge in [-0.1, -0.05) is 6.07 Å². The number of imidazole rings is 1. The van der Waals surface area contributed by atoms with Gasteiger partial charge in [-0.2, -0.15) is 0 Å². The van der Waals surface area contributed by atoms with E-state index < -0.39 is 17.5 Å². The molecule has 2 aromatic carbocycles. The number of halogens is 3. The van der Waals surface area contributed by atoms with E-state index in [0.29, 0.717) is 17.1 Å². The van der Waals surface area contributed by atoms with Crippen LogP contribution in [0, 0.1) is 24.4 Å². The monoisotopic (exact) mass is 277 g/mol. The maximum atomic E-state index is 13.9. The summed E-state index contributed by atoms with van der Waals surface area (Å²) < 4.78 is 41.8. The van der Waals surface area contributed by atoms with E-state index in [1.54, 1.807) is 12.1 Å². The third-order valence-electron chi connectivity index (χ3n) is 3.05. The summed E-state index contributed by atoms with van der Waals surface area (Å²) in [5.74, 6) is -3.35. The van der Waals surface area contributed by atoms with E-state index in [1.165, 1.54) is 4.57 Å². The van der Waals surface area contributed by atoms with Gasteiger partial charge in [0.25, 0.3) is 0 Å². The largest absolute Gasteiger partial charge is 0.369 e. The van der Waals surface area contributed by atoms with E-state index in [4.69, 9.17) is 5.73 Å². The molecule has 3 nitrogen and oxygen atoms in total. The molecular weight excluding hydrogens is 267 g/mol. The first kappa shape index (κ1) is 12.5. The summed E-state index contributed by atoms with van der Waals surface area (Å²) in [5, 5.41) is 0. The molecule has 3 rings (SSSR count). The minimum absolute atomic E-state index is 0.0329. The van der Waals surface area contributed by atoms with Crippen LogP contribution in [0.25, 0.3) is 16.7 Å². The third-order valence-corrected chi connectivity index (χ3v) is 3.05. The number of rotatable bonds is 1. The van der Waals surface area contributed by atoms with Crippen LogP contribution in [0.5, 0.6) is 0 Å². The SMILES string of the molecule is Cc1ccc2nc(N)n(-c3cc(F)cc(F)c3F)c2c1. The van der Waals surface area contributed by atoms with Crippen molar-refractivity contribution in [1.82, 2.24) is 9.55 Å². The van der Waals surface area contributed by atoms with Crippen LogP contribution in [-0.4, -0.2) is 9.55 Å². The lowest BCUT2D eigenvalue weighted by molar-refractivity contribution is 0.491. The van der Waals surface area contributed by atoms with Crippen molar-refractivity contribution in [1.29, 1.82) is 0 Å². The highest BCUT2D eigenvalue weighted by molar-refractivity contribution is 5.81. The second-order valence-electron chi connectivity index (χ2n) is 4.52. The zero-order valence-corrected chi connectivity index (χ0v) is 10.5. The Balaban J connectivity index is 2.40. The number of aryl methyl sites for hydroxylation is 1. The van der Waals surface area contributed by atoms with Crippen molar-refractivity contribution in [2.24, 2.45) is 0 Å². The summed E-state index contributed by atoms with van der Waals surface area (Å²) in [6, 6.07) is 6.63. The number of anilines is 1. The lowest BCUT2D eigenvalue weighted by atomic mass is 10.2. The van der Waals surface area contributed by atoms with E-state index >= 15 is 0 Å². The van der Waals surface area contributed by atoms with Crippen LogP contribution in [0.1, 0.15) is 5.56 Å². The number of benzene rings is 2. The van der Waals surface area contributed by atoms with E-state index in [9.17, 15) is 13.2 Å². The Morgan fingerprint density at radius 3 is 2.60 bits per heavy atom. The fourth-order valence-electron chi connectivity index (χ4n) is 2.16. The van der Waals surface area contributed by atoms with Gasteiger partial charge < -0.3 is 5.73 Å². The molecule has 0 unspecified atom stereocenters. The average Bonchev–Trinajstić information content (AvgIpc) is 2.69. The minimum Gasteiger partial charge on any atom is -0.369 e. The van der Waals surface area contributed by atoms with Gasteiger partial charge >= 0.3 is 0 Å². The van der Waals surface area contributed by atoms with Gasteiger partial charge in [0.15, 0.2) is 11.6 Å². The van der Waals surface area contributed by atoms with Gasteiger partial charge in [-0.3, -0.25) is 4.57 Å². The quantitative estimate of drug-likeness (QED) is 0.693. The van der Waals surface area contributed by atoms with Crippen LogP contribution in [0.2, 0.25) is 0 Å². The number of nitrogen functional groups attached to an aromatic ring is 1. The molecule has 2 N–H and O–H groups in total. The number of aromatic nitrogens is 2. The Morgan fingerprint density at radius 2 is 1.85 bits per heavy atom. The molecule has 0 radical (unpaired) electrons. The fourth-order valence-corrected chi connectivity index (χ4v) is 2.16. The number of nitrogens with two attached hydrogens (primary N) is 1. The lowest BCUT2D eigenvalue weighted by Crippen LogP contribution is -2.05. The molecule has 6 heteroatoms. The highest BCUT2D eigenvalue weighted by atomic mass is 19.2. The molecule has 0 fully saturated rings. The van der Waals surface area contributed by atoms with Gasteiger partial charge in [0.1, 0.15) is 5.82 Å². The summed E-state index contributed by atoms with van der Waals surface area (Å²) in [6.45, 7) is 1.84. The molecule has 0 bridgehead atoms. The van der Waals surface area contributed by atoms with E-state index in [0.717, 1.165) is 11.6 Å². The van der Waals surface area contributed by atoms with Crippen molar-refractivity contribution in [2.45, 2.75) is 6.92 Å². The van der Waals surface area contributed by atoms with Crippen LogP contribution in [0.3, 0.4) is 0 Å².